The van der Waals surface area contributed by atoms with E-state index in [0.29, 0.717) is 5.02 Å². The SMILES string of the molecule is CN(C)CCN1CCCN(c2ncnc3cc(Cl)ccc23)CC1. The highest BCUT2D eigenvalue weighted by molar-refractivity contribution is 6.31. The van der Waals surface area contributed by atoms with Crippen LogP contribution in [0.5, 0.6) is 0 Å². The molecule has 1 fully saturated rings. The minimum absolute atomic E-state index is 0.716. The predicted octanol–water partition coefficient (Wildman–Crippen LogP) is 2.36. The number of fused-ring (bicyclic) bond motifs is 1. The van der Waals surface area contributed by atoms with Gasteiger partial charge in [-0.25, -0.2) is 9.97 Å². The average molecular weight is 334 g/mol. The highest BCUT2D eigenvalue weighted by atomic mass is 35.5. The molecule has 0 atom stereocenters. The Morgan fingerprint density at radius 2 is 2.00 bits per heavy atom. The number of rotatable bonds is 4. The molecule has 0 aliphatic carbocycles. The molecule has 2 heterocycles. The molecule has 1 aromatic carbocycles. The molecule has 0 amide bonds. The molecule has 23 heavy (non-hydrogen) atoms. The Balaban J connectivity index is 1.75. The van der Waals surface area contributed by atoms with Gasteiger partial charge in [-0.2, -0.15) is 0 Å². The molecule has 0 bridgehead atoms. The van der Waals surface area contributed by atoms with Crippen LogP contribution in [-0.2, 0) is 0 Å². The van der Waals surface area contributed by atoms with Crippen molar-refractivity contribution in [2.75, 3.05) is 58.3 Å². The Morgan fingerprint density at radius 3 is 2.83 bits per heavy atom. The molecule has 0 unspecified atom stereocenters. The van der Waals surface area contributed by atoms with Gasteiger partial charge in [0, 0.05) is 43.1 Å². The first-order chi connectivity index (χ1) is 11.1. The topological polar surface area (TPSA) is 35.5 Å². The van der Waals surface area contributed by atoms with Gasteiger partial charge in [0.05, 0.1) is 5.52 Å². The molecular formula is C17H24ClN5. The summed E-state index contributed by atoms with van der Waals surface area (Å²) in [7, 11) is 4.25. The first-order valence-electron chi connectivity index (χ1n) is 8.16. The molecule has 0 N–H and O–H groups in total. The van der Waals surface area contributed by atoms with Crippen LogP contribution in [0.1, 0.15) is 6.42 Å². The average Bonchev–Trinajstić information content (AvgIpc) is 2.77. The van der Waals surface area contributed by atoms with Crippen molar-refractivity contribution in [3.63, 3.8) is 0 Å². The fourth-order valence-electron chi connectivity index (χ4n) is 3.02. The fourth-order valence-corrected chi connectivity index (χ4v) is 3.18. The van der Waals surface area contributed by atoms with Crippen molar-refractivity contribution in [2.45, 2.75) is 6.42 Å². The smallest absolute Gasteiger partial charge is 0.139 e. The van der Waals surface area contributed by atoms with Gasteiger partial charge >= 0.3 is 0 Å². The maximum Gasteiger partial charge on any atom is 0.139 e. The van der Waals surface area contributed by atoms with E-state index in [2.05, 4.69) is 38.8 Å². The minimum Gasteiger partial charge on any atom is -0.355 e. The van der Waals surface area contributed by atoms with E-state index in [1.165, 1.54) is 0 Å². The summed E-state index contributed by atoms with van der Waals surface area (Å²) in [5.74, 6) is 1.03. The molecule has 2 aromatic rings. The Morgan fingerprint density at radius 1 is 1.13 bits per heavy atom. The highest BCUT2D eigenvalue weighted by Crippen LogP contribution is 2.26. The number of aromatic nitrogens is 2. The molecule has 5 nitrogen and oxygen atoms in total. The van der Waals surface area contributed by atoms with E-state index in [9.17, 15) is 0 Å². The van der Waals surface area contributed by atoms with E-state index in [-0.39, 0.29) is 0 Å². The van der Waals surface area contributed by atoms with Gasteiger partial charge in [0.25, 0.3) is 0 Å². The monoisotopic (exact) mass is 333 g/mol. The summed E-state index contributed by atoms with van der Waals surface area (Å²) >= 11 is 6.08. The zero-order valence-corrected chi connectivity index (χ0v) is 14.6. The van der Waals surface area contributed by atoms with Gasteiger partial charge in [-0.15, -0.1) is 0 Å². The second kappa shape index (κ2) is 7.43. The van der Waals surface area contributed by atoms with Gasteiger partial charge < -0.3 is 14.7 Å². The highest BCUT2D eigenvalue weighted by Gasteiger charge is 2.18. The molecule has 1 saturated heterocycles. The van der Waals surface area contributed by atoms with Crippen LogP contribution < -0.4 is 4.90 Å². The second-order valence-corrected chi connectivity index (χ2v) is 6.78. The third kappa shape index (κ3) is 4.10. The van der Waals surface area contributed by atoms with E-state index in [1.54, 1.807) is 6.33 Å². The molecule has 0 radical (unpaired) electrons. The maximum atomic E-state index is 6.08. The summed E-state index contributed by atoms with van der Waals surface area (Å²) in [6.07, 6.45) is 2.80. The van der Waals surface area contributed by atoms with Crippen molar-refractivity contribution in [2.24, 2.45) is 0 Å². The van der Waals surface area contributed by atoms with E-state index >= 15 is 0 Å². The summed E-state index contributed by atoms with van der Waals surface area (Å²) in [5.41, 5.74) is 0.913. The summed E-state index contributed by atoms with van der Waals surface area (Å²) in [6, 6.07) is 5.85. The number of likely N-dealkylation sites (N-methyl/N-ethyl adjacent to an activating group) is 1. The summed E-state index contributed by atoms with van der Waals surface area (Å²) in [4.78, 5) is 16.1. The van der Waals surface area contributed by atoms with E-state index in [4.69, 9.17) is 11.6 Å². The number of hydrogen-bond acceptors (Lipinski definition) is 5. The fraction of sp³-hybridized carbons (Fsp3) is 0.529. The second-order valence-electron chi connectivity index (χ2n) is 6.34. The summed E-state index contributed by atoms with van der Waals surface area (Å²) < 4.78 is 0. The molecule has 1 aromatic heterocycles. The maximum absolute atomic E-state index is 6.08. The zero-order valence-electron chi connectivity index (χ0n) is 13.9. The van der Waals surface area contributed by atoms with Gasteiger partial charge in [-0.05, 0) is 45.3 Å². The van der Waals surface area contributed by atoms with Crippen molar-refractivity contribution in [1.29, 1.82) is 0 Å². The number of nitrogens with zero attached hydrogens (tertiary/aromatic N) is 5. The molecule has 0 spiro atoms. The van der Waals surface area contributed by atoms with E-state index in [1.807, 2.05) is 18.2 Å². The van der Waals surface area contributed by atoms with Crippen LogP contribution >= 0.6 is 11.6 Å². The van der Waals surface area contributed by atoms with Crippen molar-refractivity contribution < 1.29 is 0 Å². The number of benzene rings is 1. The molecule has 0 saturated carbocycles. The largest absolute Gasteiger partial charge is 0.355 e. The Hall–Kier alpha value is -1.43. The molecular weight excluding hydrogens is 310 g/mol. The van der Waals surface area contributed by atoms with Crippen molar-refractivity contribution in [3.8, 4) is 0 Å². The van der Waals surface area contributed by atoms with Gasteiger partial charge in [0.1, 0.15) is 12.1 Å². The number of hydrogen-bond donors (Lipinski definition) is 0. The lowest BCUT2D eigenvalue weighted by molar-refractivity contribution is 0.254. The molecule has 124 valence electrons. The van der Waals surface area contributed by atoms with Crippen LogP contribution in [0.25, 0.3) is 10.9 Å². The predicted molar refractivity (Wildman–Crippen MR) is 96.4 cm³/mol. The lowest BCUT2D eigenvalue weighted by Gasteiger charge is -2.24. The van der Waals surface area contributed by atoms with Gasteiger partial charge in [-0.3, -0.25) is 0 Å². The zero-order chi connectivity index (χ0) is 16.2. The first kappa shape index (κ1) is 16.4. The molecule has 6 heteroatoms. The first-order valence-corrected chi connectivity index (χ1v) is 8.53. The molecule has 1 aliphatic heterocycles. The van der Waals surface area contributed by atoms with Crippen LogP contribution in [0.3, 0.4) is 0 Å². The standard InChI is InChI=1S/C17H24ClN5/c1-21(2)8-9-22-6-3-7-23(11-10-22)17-15-5-4-14(18)12-16(15)19-13-20-17/h4-5,12-13H,3,6-11H2,1-2H3. The van der Waals surface area contributed by atoms with Gasteiger partial charge in [0.2, 0.25) is 0 Å². The number of anilines is 1. The van der Waals surface area contributed by atoms with Crippen LogP contribution in [-0.4, -0.2) is 73.1 Å². The van der Waals surface area contributed by atoms with Crippen LogP contribution in [0.4, 0.5) is 5.82 Å². The lowest BCUT2D eigenvalue weighted by Crippen LogP contribution is -2.35. The lowest BCUT2D eigenvalue weighted by atomic mass is 10.2. The normalized spacial score (nSPS) is 17.0. The molecule has 3 rings (SSSR count). The van der Waals surface area contributed by atoms with Crippen LogP contribution in [0.2, 0.25) is 5.02 Å². The summed E-state index contributed by atoms with van der Waals surface area (Å²) in [5, 5.41) is 1.80. The quantitative estimate of drug-likeness (QED) is 0.858. The Labute approximate surface area is 142 Å². The van der Waals surface area contributed by atoms with E-state index < -0.39 is 0 Å². The summed E-state index contributed by atoms with van der Waals surface area (Å²) in [6.45, 7) is 6.50. The van der Waals surface area contributed by atoms with Gasteiger partial charge in [0.15, 0.2) is 0 Å². The third-order valence-electron chi connectivity index (χ3n) is 4.33. The van der Waals surface area contributed by atoms with Crippen LogP contribution in [0, 0.1) is 0 Å². The third-order valence-corrected chi connectivity index (χ3v) is 4.56. The van der Waals surface area contributed by atoms with Crippen LogP contribution in [0.15, 0.2) is 24.5 Å². The van der Waals surface area contributed by atoms with Gasteiger partial charge in [-0.1, -0.05) is 11.6 Å². The van der Waals surface area contributed by atoms with Crippen molar-refractivity contribution in [1.82, 2.24) is 19.8 Å². The van der Waals surface area contributed by atoms with E-state index in [0.717, 1.165) is 62.4 Å². The number of halogens is 1. The molecule has 1 aliphatic rings. The van der Waals surface area contributed by atoms with Crippen molar-refractivity contribution >= 4 is 28.3 Å². The van der Waals surface area contributed by atoms with Crippen molar-refractivity contribution in [3.05, 3.63) is 29.5 Å². The minimum atomic E-state index is 0.716. The Bertz CT molecular complexity index is 660. The Kier molecular flexibility index (Phi) is 5.30.